The summed E-state index contributed by atoms with van der Waals surface area (Å²) in [4.78, 5) is 20.2. The van der Waals surface area contributed by atoms with Crippen molar-refractivity contribution < 1.29 is 23.1 Å². The summed E-state index contributed by atoms with van der Waals surface area (Å²) >= 11 is 0. The number of nitrogens with zero attached hydrogens (tertiary/aromatic N) is 2. The zero-order valence-corrected chi connectivity index (χ0v) is 16.1. The Hall–Kier alpha value is -2.19. The quantitative estimate of drug-likeness (QED) is 0.613. The normalized spacial score (nSPS) is 25.5. The van der Waals surface area contributed by atoms with Crippen LogP contribution in [0.2, 0.25) is 0 Å². The standard InChI is InChI=1S/C20H27F2N3O3/c1-13(26)24-9-8-16(11-24)27-14(2)25-10-15(6-7-17(12-25)28-23)18-4-3-5-19(21)20(18)22/h3-5,15-17H,2,6-12,23H2,1H3/t15-,16?,17-/m1/s1. The Morgan fingerprint density at radius 2 is 1.89 bits per heavy atom. The van der Waals surface area contributed by atoms with Gasteiger partial charge in [0.15, 0.2) is 17.5 Å². The lowest BCUT2D eigenvalue weighted by Gasteiger charge is -2.30. The van der Waals surface area contributed by atoms with E-state index in [0.29, 0.717) is 50.5 Å². The number of nitrogens with two attached hydrogens (primary N) is 1. The molecule has 2 N–H and O–H groups in total. The Labute approximate surface area is 163 Å². The van der Waals surface area contributed by atoms with E-state index in [1.54, 1.807) is 11.0 Å². The van der Waals surface area contributed by atoms with Gasteiger partial charge in [-0.3, -0.25) is 9.63 Å². The van der Waals surface area contributed by atoms with Gasteiger partial charge in [-0.2, -0.15) is 0 Å². The van der Waals surface area contributed by atoms with Gasteiger partial charge >= 0.3 is 0 Å². The number of amides is 1. The van der Waals surface area contributed by atoms with Crippen LogP contribution in [0, 0.1) is 11.6 Å². The summed E-state index contributed by atoms with van der Waals surface area (Å²) in [5.74, 6) is 3.94. The maximum atomic E-state index is 14.3. The van der Waals surface area contributed by atoms with Crippen molar-refractivity contribution in [2.75, 3.05) is 26.2 Å². The van der Waals surface area contributed by atoms with Crippen LogP contribution in [0.3, 0.4) is 0 Å². The van der Waals surface area contributed by atoms with Crippen molar-refractivity contribution in [3.8, 4) is 0 Å². The summed E-state index contributed by atoms with van der Waals surface area (Å²) in [6.45, 7) is 7.60. The molecule has 2 aliphatic heterocycles. The number of hydrogen-bond acceptors (Lipinski definition) is 5. The third-order valence-electron chi connectivity index (χ3n) is 5.56. The zero-order valence-electron chi connectivity index (χ0n) is 16.1. The third-order valence-corrected chi connectivity index (χ3v) is 5.56. The minimum atomic E-state index is -0.856. The van der Waals surface area contributed by atoms with Gasteiger partial charge in [-0.1, -0.05) is 12.1 Å². The fourth-order valence-electron chi connectivity index (χ4n) is 3.94. The Bertz CT molecular complexity index is 731. The molecule has 1 amide bonds. The molecule has 0 radical (unpaired) electrons. The smallest absolute Gasteiger partial charge is 0.219 e. The summed E-state index contributed by atoms with van der Waals surface area (Å²) in [6.07, 6.45) is 1.54. The van der Waals surface area contributed by atoms with E-state index in [9.17, 15) is 13.6 Å². The van der Waals surface area contributed by atoms with Gasteiger partial charge < -0.3 is 14.5 Å². The summed E-state index contributed by atoms with van der Waals surface area (Å²) in [5, 5.41) is 0. The summed E-state index contributed by atoms with van der Waals surface area (Å²) in [7, 11) is 0. The van der Waals surface area contributed by atoms with Crippen molar-refractivity contribution in [1.29, 1.82) is 0 Å². The number of hydrogen-bond donors (Lipinski definition) is 1. The van der Waals surface area contributed by atoms with Crippen molar-refractivity contribution in [2.24, 2.45) is 5.90 Å². The summed E-state index contributed by atoms with van der Waals surface area (Å²) in [6, 6.07) is 4.23. The molecule has 154 valence electrons. The first-order valence-electron chi connectivity index (χ1n) is 9.54. The van der Waals surface area contributed by atoms with Gasteiger partial charge in [-0.25, -0.2) is 14.7 Å². The Morgan fingerprint density at radius 3 is 2.57 bits per heavy atom. The first kappa shape index (κ1) is 20.5. The molecule has 0 bridgehead atoms. The largest absolute Gasteiger partial charge is 0.474 e. The fraction of sp³-hybridized carbons (Fsp3) is 0.550. The van der Waals surface area contributed by atoms with E-state index in [-0.39, 0.29) is 24.0 Å². The molecule has 1 aromatic carbocycles. The molecule has 2 aliphatic rings. The maximum Gasteiger partial charge on any atom is 0.219 e. The van der Waals surface area contributed by atoms with Gasteiger partial charge in [-0.05, 0) is 31.1 Å². The van der Waals surface area contributed by atoms with Crippen LogP contribution in [0.25, 0.3) is 0 Å². The van der Waals surface area contributed by atoms with Crippen LogP contribution in [0.15, 0.2) is 30.7 Å². The molecular weight excluding hydrogens is 368 g/mol. The molecule has 0 spiro atoms. The maximum absolute atomic E-state index is 14.3. The Balaban J connectivity index is 1.71. The first-order chi connectivity index (χ1) is 13.4. The van der Waals surface area contributed by atoms with E-state index in [0.717, 1.165) is 12.5 Å². The van der Waals surface area contributed by atoms with Crippen molar-refractivity contribution in [3.05, 3.63) is 47.9 Å². The Morgan fingerprint density at radius 1 is 1.14 bits per heavy atom. The molecule has 0 aromatic heterocycles. The second kappa shape index (κ2) is 8.87. The fourth-order valence-corrected chi connectivity index (χ4v) is 3.94. The second-order valence-electron chi connectivity index (χ2n) is 7.47. The highest BCUT2D eigenvalue weighted by atomic mass is 19.2. The lowest BCUT2D eigenvalue weighted by atomic mass is 9.93. The molecule has 28 heavy (non-hydrogen) atoms. The van der Waals surface area contributed by atoms with Crippen molar-refractivity contribution in [3.63, 3.8) is 0 Å². The number of likely N-dealkylation sites (tertiary alicyclic amines) is 2. The van der Waals surface area contributed by atoms with E-state index >= 15 is 0 Å². The van der Waals surface area contributed by atoms with Gasteiger partial charge in [0.1, 0.15) is 6.10 Å². The van der Waals surface area contributed by atoms with Crippen LogP contribution in [-0.2, 0) is 14.4 Å². The molecule has 6 nitrogen and oxygen atoms in total. The van der Waals surface area contributed by atoms with Crippen LogP contribution in [-0.4, -0.2) is 54.1 Å². The van der Waals surface area contributed by atoms with Crippen molar-refractivity contribution >= 4 is 5.91 Å². The van der Waals surface area contributed by atoms with E-state index in [1.165, 1.54) is 13.0 Å². The summed E-state index contributed by atoms with van der Waals surface area (Å²) in [5.41, 5.74) is 0.332. The van der Waals surface area contributed by atoms with Crippen LogP contribution in [0.5, 0.6) is 0 Å². The van der Waals surface area contributed by atoms with Gasteiger partial charge in [0.2, 0.25) is 5.91 Å². The van der Waals surface area contributed by atoms with Gasteiger partial charge in [-0.15, -0.1) is 0 Å². The number of halogens is 2. The van der Waals surface area contributed by atoms with Crippen LogP contribution >= 0.6 is 0 Å². The molecule has 2 heterocycles. The molecule has 2 fully saturated rings. The van der Waals surface area contributed by atoms with Crippen molar-refractivity contribution in [2.45, 2.75) is 44.3 Å². The molecule has 0 saturated carbocycles. The predicted octanol–water partition coefficient (Wildman–Crippen LogP) is 2.51. The average Bonchev–Trinajstić information content (AvgIpc) is 3.02. The molecule has 0 aliphatic carbocycles. The first-order valence-corrected chi connectivity index (χ1v) is 9.54. The monoisotopic (exact) mass is 395 g/mol. The predicted molar refractivity (Wildman–Crippen MR) is 99.9 cm³/mol. The number of carbonyl (C=O) groups excluding carboxylic acids is 1. The third kappa shape index (κ3) is 4.62. The molecule has 3 atom stereocenters. The highest BCUT2D eigenvalue weighted by Crippen LogP contribution is 2.31. The number of benzene rings is 1. The lowest BCUT2D eigenvalue weighted by molar-refractivity contribution is -0.128. The van der Waals surface area contributed by atoms with E-state index in [4.69, 9.17) is 15.5 Å². The second-order valence-corrected chi connectivity index (χ2v) is 7.47. The van der Waals surface area contributed by atoms with E-state index in [1.807, 2.05) is 4.90 Å². The molecule has 8 heteroatoms. The highest BCUT2D eigenvalue weighted by molar-refractivity contribution is 5.73. The van der Waals surface area contributed by atoms with Gasteiger partial charge in [0, 0.05) is 38.9 Å². The lowest BCUT2D eigenvalue weighted by Crippen LogP contribution is -2.36. The minimum absolute atomic E-state index is 0.0183. The van der Waals surface area contributed by atoms with E-state index < -0.39 is 11.6 Å². The number of rotatable bonds is 5. The number of carbonyl (C=O) groups is 1. The van der Waals surface area contributed by atoms with Crippen LogP contribution < -0.4 is 5.90 Å². The minimum Gasteiger partial charge on any atom is -0.474 e. The SMILES string of the molecule is C=C(OC1CCN(C(C)=O)C1)N1C[C@H](ON)CC[C@@H](c2cccc(F)c2F)C1. The molecule has 2 saturated heterocycles. The Kier molecular flexibility index (Phi) is 6.51. The van der Waals surface area contributed by atoms with Crippen LogP contribution in [0.1, 0.15) is 37.7 Å². The average molecular weight is 395 g/mol. The van der Waals surface area contributed by atoms with Gasteiger partial charge in [0.25, 0.3) is 0 Å². The van der Waals surface area contributed by atoms with E-state index in [2.05, 4.69) is 6.58 Å². The molecule has 1 unspecified atom stereocenters. The summed E-state index contributed by atoms with van der Waals surface area (Å²) < 4.78 is 34.0. The molecular formula is C20H27F2N3O3. The van der Waals surface area contributed by atoms with Crippen molar-refractivity contribution in [1.82, 2.24) is 9.80 Å². The molecule has 3 rings (SSSR count). The zero-order chi connectivity index (χ0) is 20.3. The van der Waals surface area contributed by atoms with Crippen LogP contribution in [0.4, 0.5) is 8.78 Å². The highest BCUT2D eigenvalue weighted by Gasteiger charge is 2.31. The van der Waals surface area contributed by atoms with Gasteiger partial charge in [0.05, 0.1) is 12.6 Å². The number of ether oxygens (including phenoxy) is 1. The molecule has 1 aromatic rings. The topological polar surface area (TPSA) is 68.0 Å².